The molecule has 3 rings (SSSR count). The first-order valence-corrected chi connectivity index (χ1v) is 8.86. The monoisotopic (exact) mass is 356 g/mol. The van der Waals surface area contributed by atoms with Gasteiger partial charge in [0.15, 0.2) is 0 Å². The average Bonchev–Trinajstić information content (AvgIpc) is 3.43. The molecule has 0 bridgehead atoms. The van der Waals surface area contributed by atoms with Crippen molar-refractivity contribution in [2.45, 2.75) is 32.6 Å². The first kappa shape index (κ1) is 17.5. The second-order valence-corrected chi connectivity index (χ2v) is 6.79. The van der Waals surface area contributed by atoms with Gasteiger partial charge >= 0.3 is 0 Å². The number of anilines is 2. The molecule has 0 unspecified atom stereocenters. The van der Waals surface area contributed by atoms with Crippen molar-refractivity contribution in [3.8, 4) is 0 Å². The van der Waals surface area contributed by atoms with Gasteiger partial charge in [-0.25, -0.2) is 0 Å². The largest absolute Gasteiger partial charge is 0.326 e. The lowest BCUT2D eigenvalue weighted by molar-refractivity contribution is -0.117. The van der Waals surface area contributed by atoms with Crippen molar-refractivity contribution in [2.75, 3.05) is 10.6 Å². The van der Waals surface area contributed by atoms with Crippen LogP contribution in [0, 0.1) is 12.8 Å². The summed E-state index contributed by atoms with van der Waals surface area (Å²) in [6, 6.07) is 13.1. The standard InChI is InChI=1S/C20H21ClN2O2/c1-13-17(7-4-8-18(13)23-20(25)15-9-10-15)22-19(24)12-11-14-5-2-3-6-16(14)21/h2-8,15H,9-12H2,1H3,(H,22,24)(H,23,25). The van der Waals surface area contributed by atoms with Crippen LogP contribution in [0.5, 0.6) is 0 Å². The van der Waals surface area contributed by atoms with Crippen LogP contribution in [0.2, 0.25) is 5.02 Å². The van der Waals surface area contributed by atoms with Crippen LogP contribution in [0.3, 0.4) is 0 Å². The molecule has 1 saturated carbocycles. The van der Waals surface area contributed by atoms with E-state index in [9.17, 15) is 9.59 Å². The van der Waals surface area contributed by atoms with E-state index >= 15 is 0 Å². The van der Waals surface area contributed by atoms with Gasteiger partial charge in [0.05, 0.1) is 0 Å². The van der Waals surface area contributed by atoms with Crippen LogP contribution in [-0.2, 0) is 16.0 Å². The topological polar surface area (TPSA) is 58.2 Å². The van der Waals surface area contributed by atoms with Gasteiger partial charge in [-0.1, -0.05) is 35.9 Å². The molecule has 1 aliphatic rings. The number of hydrogen-bond acceptors (Lipinski definition) is 2. The quantitative estimate of drug-likeness (QED) is 0.796. The molecule has 0 heterocycles. The summed E-state index contributed by atoms with van der Waals surface area (Å²) in [5.41, 5.74) is 3.29. The maximum absolute atomic E-state index is 12.3. The number of benzene rings is 2. The van der Waals surface area contributed by atoms with Crippen molar-refractivity contribution in [2.24, 2.45) is 5.92 Å². The molecule has 25 heavy (non-hydrogen) atoms. The Hall–Kier alpha value is -2.33. The minimum Gasteiger partial charge on any atom is -0.326 e. The maximum atomic E-state index is 12.3. The van der Waals surface area contributed by atoms with E-state index in [1.807, 2.05) is 49.4 Å². The summed E-state index contributed by atoms with van der Waals surface area (Å²) in [7, 11) is 0. The van der Waals surface area contributed by atoms with E-state index in [1.54, 1.807) is 0 Å². The molecule has 0 atom stereocenters. The lowest BCUT2D eigenvalue weighted by Crippen LogP contribution is -2.16. The van der Waals surface area contributed by atoms with Crippen LogP contribution in [0.1, 0.15) is 30.4 Å². The van der Waals surface area contributed by atoms with E-state index in [1.165, 1.54) is 0 Å². The highest BCUT2D eigenvalue weighted by molar-refractivity contribution is 6.31. The Morgan fingerprint density at radius 2 is 1.72 bits per heavy atom. The van der Waals surface area contributed by atoms with Crippen molar-refractivity contribution in [3.05, 3.63) is 58.6 Å². The van der Waals surface area contributed by atoms with Gasteiger partial charge in [-0.2, -0.15) is 0 Å². The molecular formula is C20H21ClN2O2. The summed E-state index contributed by atoms with van der Waals surface area (Å²) >= 11 is 6.12. The van der Waals surface area contributed by atoms with E-state index in [4.69, 9.17) is 11.6 Å². The van der Waals surface area contributed by atoms with Crippen LogP contribution < -0.4 is 10.6 Å². The Labute approximate surface area is 152 Å². The van der Waals surface area contributed by atoms with E-state index < -0.39 is 0 Å². The van der Waals surface area contributed by atoms with Gasteiger partial charge in [-0.3, -0.25) is 9.59 Å². The number of nitrogens with one attached hydrogen (secondary N) is 2. The first-order valence-electron chi connectivity index (χ1n) is 8.48. The summed E-state index contributed by atoms with van der Waals surface area (Å²) in [5.74, 6) is 0.132. The Morgan fingerprint density at radius 3 is 2.40 bits per heavy atom. The molecule has 0 saturated heterocycles. The summed E-state index contributed by atoms with van der Waals surface area (Å²) in [4.78, 5) is 24.2. The number of aryl methyl sites for hydroxylation is 1. The lowest BCUT2D eigenvalue weighted by Gasteiger charge is -2.13. The highest BCUT2D eigenvalue weighted by atomic mass is 35.5. The van der Waals surface area contributed by atoms with Crippen molar-refractivity contribution < 1.29 is 9.59 Å². The van der Waals surface area contributed by atoms with Crippen molar-refractivity contribution >= 4 is 34.8 Å². The highest BCUT2D eigenvalue weighted by Gasteiger charge is 2.29. The molecule has 5 heteroatoms. The third kappa shape index (κ3) is 4.60. The first-order chi connectivity index (χ1) is 12.0. The van der Waals surface area contributed by atoms with E-state index in [0.29, 0.717) is 17.9 Å². The fraction of sp³-hybridized carbons (Fsp3) is 0.300. The Bertz CT molecular complexity index is 800. The number of hydrogen-bond donors (Lipinski definition) is 2. The van der Waals surface area contributed by atoms with Gasteiger partial charge in [-0.05, 0) is 55.5 Å². The van der Waals surface area contributed by atoms with Gasteiger partial charge in [0, 0.05) is 28.7 Å². The molecule has 130 valence electrons. The molecule has 1 aliphatic carbocycles. The predicted molar refractivity (Wildman–Crippen MR) is 101 cm³/mol. The zero-order valence-electron chi connectivity index (χ0n) is 14.1. The van der Waals surface area contributed by atoms with Gasteiger partial charge in [-0.15, -0.1) is 0 Å². The van der Waals surface area contributed by atoms with Crippen LogP contribution in [-0.4, -0.2) is 11.8 Å². The van der Waals surface area contributed by atoms with Gasteiger partial charge < -0.3 is 10.6 Å². The van der Waals surface area contributed by atoms with Crippen molar-refractivity contribution in [3.63, 3.8) is 0 Å². The molecule has 2 amide bonds. The second-order valence-electron chi connectivity index (χ2n) is 6.38. The van der Waals surface area contributed by atoms with Crippen molar-refractivity contribution in [1.29, 1.82) is 0 Å². The molecule has 1 fully saturated rings. The molecule has 4 nitrogen and oxygen atoms in total. The van der Waals surface area contributed by atoms with Crippen molar-refractivity contribution in [1.82, 2.24) is 0 Å². The Kier molecular flexibility index (Phi) is 5.39. The molecule has 0 aliphatic heterocycles. The van der Waals surface area contributed by atoms with E-state index in [2.05, 4.69) is 10.6 Å². The van der Waals surface area contributed by atoms with E-state index in [-0.39, 0.29) is 17.7 Å². The van der Waals surface area contributed by atoms with Gasteiger partial charge in [0.1, 0.15) is 0 Å². The smallest absolute Gasteiger partial charge is 0.227 e. The highest BCUT2D eigenvalue weighted by Crippen LogP contribution is 2.31. The molecule has 2 aromatic rings. The summed E-state index contributed by atoms with van der Waals surface area (Å²) in [6.07, 6.45) is 2.86. The van der Waals surface area contributed by atoms with Gasteiger partial charge in [0.2, 0.25) is 11.8 Å². The number of rotatable bonds is 6. The zero-order chi connectivity index (χ0) is 17.8. The molecule has 2 aromatic carbocycles. The SMILES string of the molecule is Cc1c(NC(=O)CCc2ccccc2Cl)cccc1NC(=O)C1CC1. The molecule has 0 spiro atoms. The molecule has 0 radical (unpaired) electrons. The Balaban J connectivity index is 1.61. The van der Waals surface area contributed by atoms with E-state index in [0.717, 1.165) is 35.3 Å². The van der Waals surface area contributed by atoms with Crippen LogP contribution in [0.15, 0.2) is 42.5 Å². The minimum atomic E-state index is -0.0753. The average molecular weight is 357 g/mol. The Morgan fingerprint density at radius 1 is 1.04 bits per heavy atom. The molecular weight excluding hydrogens is 336 g/mol. The van der Waals surface area contributed by atoms with Gasteiger partial charge in [0.25, 0.3) is 0 Å². The third-order valence-corrected chi connectivity index (χ3v) is 4.76. The van der Waals surface area contributed by atoms with Crippen LogP contribution in [0.25, 0.3) is 0 Å². The predicted octanol–water partition coefficient (Wildman–Crippen LogP) is 4.57. The molecule has 2 N–H and O–H groups in total. The summed E-state index contributed by atoms with van der Waals surface area (Å²) < 4.78 is 0. The fourth-order valence-corrected chi connectivity index (χ4v) is 2.88. The number of carbonyl (C=O) groups excluding carboxylic acids is 2. The number of amides is 2. The number of carbonyl (C=O) groups is 2. The summed E-state index contributed by atoms with van der Waals surface area (Å²) in [6.45, 7) is 1.90. The second kappa shape index (κ2) is 7.70. The zero-order valence-corrected chi connectivity index (χ0v) is 14.9. The summed E-state index contributed by atoms with van der Waals surface area (Å²) in [5, 5.41) is 6.55. The fourth-order valence-electron chi connectivity index (χ4n) is 2.65. The minimum absolute atomic E-state index is 0.0605. The third-order valence-electron chi connectivity index (χ3n) is 4.39. The van der Waals surface area contributed by atoms with Crippen LogP contribution >= 0.6 is 11.6 Å². The van der Waals surface area contributed by atoms with Crippen LogP contribution in [0.4, 0.5) is 11.4 Å². The lowest BCUT2D eigenvalue weighted by atomic mass is 10.1. The molecule has 0 aromatic heterocycles. The normalized spacial score (nSPS) is 13.4. The number of halogens is 1. The maximum Gasteiger partial charge on any atom is 0.227 e.